The van der Waals surface area contributed by atoms with Crippen LogP contribution in [0.1, 0.15) is 22.3 Å². The Balaban J connectivity index is 1.57. The molecular formula is C22H19FN2O3S. The average molecular weight is 410 g/mol. The van der Waals surface area contributed by atoms with Crippen LogP contribution in [0.25, 0.3) is 0 Å². The largest absolute Gasteiger partial charge is 0.322 e. The molecule has 0 bridgehead atoms. The van der Waals surface area contributed by atoms with Gasteiger partial charge in [0.05, 0.1) is 16.1 Å². The van der Waals surface area contributed by atoms with E-state index in [1.165, 1.54) is 46.8 Å². The fourth-order valence-corrected chi connectivity index (χ4v) is 4.97. The highest BCUT2D eigenvalue weighted by Gasteiger charge is 2.28. The summed E-state index contributed by atoms with van der Waals surface area (Å²) < 4.78 is 41.5. The summed E-state index contributed by atoms with van der Waals surface area (Å²) in [5.41, 5.74) is 2.03. The minimum absolute atomic E-state index is 0.0749. The van der Waals surface area contributed by atoms with Gasteiger partial charge in [-0.05, 0) is 60.9 Å². The summed E-state index contributed by atoms with van der Waals surface area (Å²) in [5.74, 6) is -1.21. The topological polar surface area (TPSA) is 66.5 Å². The number of nitrogens with one attached hydrogen (secondary N) is 1. The van der Waals surface area contributed by atoms with Gasteiger partial charge in [-0.2, -0.15) is 0 Å². The van der Waals surface area contributed by atoms with E-state index in [2.05, 4.69) is 5.32 Å². The van der Waals surface area contributed by atoms with Gasteiger partial charge in [0.25, 0.3) is 15.9 Å². The van der Waals surface area contributed by atoms with Crippen LogP contribution in [0, 0.1) is 5.82 Å². The lowest BCUT2D eigenvalue weighted by atomic mass is 10.0. The molecule has 29 heavy (non-hydrogen) atoms. The first kappa shape index (κ1) is 19.1. The van der Waals surface area contributed by atoms with Crippen LogP contribution in [0.5, 0.6) is 0 Å². The van der Waals surface area contributed by atoms with E-state index in [0.29, 0.717) is 17.9 Å². The van der Waals surface area contributed by atoms with Crippen molar-refractivity contribution in [1.82, 2.24) is 0 Å². The van der Waals surface area contributed by atoms with E-state index in [1.54, 1.807) is 6.07 Å². The summed E-state index contributed by atoms with van der Waals surface area (Å²) >= 11 is 0. The number of nitrogens with zero attached hydrogens (tertiary/aromatic N) is 1. The van der Waals surface area contributed by atoms with E-state index in [4.69, 9.17) is 0 Å². The molecule has 3 aromatic rings. The highest BCUT2D eigenvalue weighted by Crippen LogP contribution is 2.32. The predicted octanol–water partition coefficient (Wildman–Crippen LogP) is 4.22. The quantitative estimate of drug-likeness (QED) is 0.700. The van der Waals surface area contributed by atoms with E-state index >= 15 is 0 Å². The molecule has 1 aliphatic rings. The van der Waals surface area contributed by atoms with Crippen molar-refractivity contribution in [3.8, 4) is 0 Å². The normalized spacial score (nSPS) is 13.6. The van der Waals surface area contributed by atoms with Crippen molar-refractivity contribution in [3.63, 3.8) is 0 Å². The number of sulfonamides is 1. The predicted molar refractivity (Wildman–Crippen MR) is 110 cm³/mol. The molecule has 1 amide bonds. The SMILES string of the molecule is O=C(Nc1ccc(S(=O)(=O)N2CCCc3ccccc32)cc1)c1ccccc1F. The zero-order chi connectivity index (χ0) is 20.4. The van der Waals surface area contributed by atoms with Crippen LogP contribution in [0.15, 0.2) is 77.7 Å². The van der Waals surface area contributed by atoms with Crippen LogP contribution >= 0.6 is 0 Å². The fourth-order valence-electron chi connectivity index (χ4n) is 3.43. The van der Waals surface area contributed by atoms with Crippen LogP contribution < -0.4 is 9.62 Å². The smallest absolute Gasteiger partial charge is 0.264 e. The van der Waals surface area contributed by atoms with E-state index < -0.39 is 21.7 Å². The monoisotopic (exact) mass is 410 g/mol. The third kappa shape index (κ3) is 3.73. The molecular weight excluding hydrogens is 391 g/mol. The van der Waals surface area contributed by atoms with Crippen molar-refractivity contribution in [1.29, 1.82) is 0 Å². The Morgan fingerprint density at radius 1 is 0.931 bits per heavy atom. The first-order chi connectivity index (χ1) is 14.0. The van der Waals surface area contributed by atoms with Gasteiger partial charge in [-0.1, -0.05) is 30.3 Å². The fraction of sp³-hybridized carbons (Fsp3) is 0.136. The van der Waals surface area contributed by atoms with Gasteiger partial charge in [0.15, 0.2) is 0 Å². The maximum Gasteiger partial charge on any atom is 0.264 e. The first-order valence-corrected chi connectivity index (χ1v) is 10.7. The number of anilines is 2. The van der Waals surface area contributed by atoms with Crippen LogP contribution in [0.4, 0.5) is 15.8 Å². The Labute approximate surface area is 168 Å². The standard InChI is InChI=1S/C22H19FN2O3S/c23-20-9-3-2-8-19(20)22(26)24-17-11-13-18(14-12-17)29(27,28)25-15-5-7-16-6-1-4-10-21(16)25/h1-4,6,8-14H,5,7,15H2,(H,24,26). The van der Waals surface area contributed by atoms with E-state index in [0.717, 1.165) is 18.4 Å². The van der Waals surface area contributed by atoms with Crippen molar-refractivity contribution < 1.29 is 17.6 Å². The molecule has 0 aliphatic carbocycles. The molecule has 0 saturated carbocycles. The van der Waals surface area contributed by atoms with Gasteiger partial charge < -0.3 is 5.32 Å². The molecule has 148 valence electrons. The molecule has 1 heterocycles. The van der Waals surface area contributed by atoms with Crippen LogP contribution in [0.3, 0.4) is 0 Å². The summed E-state index contributed by atoms with van der Waals surface area (Å²) in [4.78, 5) is 12.4. The number of amides is 1. The average Bonchev–Trinajstić information content (AvgIpc) is 2.74. The maximum atomic E-state index is 13.7. The number of hydrogen-bond donors (Lipinski definition) is 1. The molecule has 4 rings (SSSR count). The van der Waals surface area contributed by atoms with Gasteiger partial charge in [-0.3, -0.25) is 9.10 Å². The van der Waals surface area contributed by atoms with Gasteiger partial charge in [0.2, 0.25) is 0 Å². The highest BCUT2D eigenvalue weighted by molar-refractivity contribution is 7.92. The minimum Gasteiger partial charge on any atom is -0.322 e. The molecule has 0 fully saturated rings. The summed E-state index contributed by atoms with van der Waals surface area (Å²) in [6.45, 7) is 0.422. The van der Waals surface area contributed by atoms with Crippen LogP contribution in [-0.4, -0.2) is 20.9 Å². The van der Waals surface area contributed by atoms with Gasteiger partial charge in [0.1, 0.15) is 5.82 Å². The number of halogens is 1. The number of rotatable bonds is 4. The Hall–Kier alpha value is -3.19. The zero-order valence-corrected chi connectivity index (χ0v) is 16.3. The number of fused-ring (bicyclic) bond motifs is 1. The first-order valence-electron chi connectivity index (χ1n) is 9.23. The summed E-state index contributed by atoms with van der Waals surface area (Å²) in [5, 5.41) is 2.59. The lowest BCUT2D eigenvalue weighted by Gasteiger charge is -2.30. The minimum atomic E-state index is -3.72. The maximum absolute atomic E-state index is 13.7. The molecule has 0 atom stereocenters. The van der Waals surface area contributed by atoms with Crippen molar-refractivity contribution >= 4 is 27.3 Å². The number of benzene rings is 3. The van der Waals surface area contributed by atoms with Crippen LogP contribution in [-0.2, 0) is 16.4 Å². The zero-order valence-electron chi connectivity index (χ0n) is 15.5. The van der Waals surface area contributed by atoms with Crippen molar-refractivity contribution in [2.75, 3.05) is 16.2 Å². The summed E-state index contributed by atoms with van der Waals surface area (Å²) in [6, 6.07) is 19.1. The van der Waals surface area contributed by atoms with E-state index in [9.17, 15) is 17.6 Å². The van der Waals surface area contributed by atoms with Crippen molar-refractivity contribution in [2.24, 2.45) is 0 Å². The van der Waals surface area contributed by atoms with Crippen molar-refractivity contribution in [2.45, 2.75) is 17.7 Å². The Morgan fingerprint density at radius 3 is 2.38 bits per heavy atom. The molecule has 3 aromatic carbocycles. The van der Waals surface area contributed by atoms with Gasteiger partial charge in [0, 0.05) is 12.2 Å². The molecule has 0 spiro atoms. The molecule has 0 unspecified atom stereocenters. The summed E-state index contributed by atoms with van der Waals surface area (Å²) in [6.07, 6.45) is 1.61. The number of carbonyl (C=O) groups is 1. The van der Waals surface area contributed by atoms with Gasteiger partial charge in [-0.15, -0.1) is 0 Å². The lowest BCUT2D eigenvalue weighted by molar-refractivity contribution is 0.102. The Morgan fingerprint density at radius 2 is 1.62 bits per heavy atom. The second-order valence-electron chi connectivity index (χ2n) is 6.77. The van der Waals surface area contributed by atoms with Crippen LogP contribution in [0.2, 0.25) is 0 Å². The molecule has 0 saturated heterocycles. The van der Waals surface area contributed by atoms with E-state index in [1.807, 2.05) is 24.3 Å². The van der Waals surface area contributed by atoms with E-state index in [-0.39, 0.29) is 10.5 Å². The Kier molecular flexibility index (Phi) is 5.07. The van der Waals surface area contributed by atoms with Gasteiger partial charge >= 0.3 is 0 Å². The molecule has 1 aliphatic heterocycles. The number of para-hydroxylation sites is 1. The number of aryl methyl sites for hydroxylation is 1. The van der Waals surface area contributed by atoms with Crippen molar-refractivity contribution in [3.05, 3.63) is 89.7 Å². The highest BCUT2D eigenvalue weighted by atomic mass is 32.2. The third-order valence-corrected chi connectivity index (χ3v) is 6.71. The Bertz CT molecular complexity index is 1160. The second-order valence-corrected chi connectivity index (χ2v) is 8.63. The lowest BCUT2D eigenvalue weighted by Crippen LogP contribution is -2.35. The molecule has 0 radical (unpaired) electrons. The molecule has 0 aromatic heterocycles. The summed E-state index contributed by atoms with van der Waals surface area (Å²) in [7, 11) is -3.72. The third-order valence-electron chi connectivity index (χ3n) is 4.89. The molecule has 7 heteroatoms. The molecule has 5 nitrogen and oxygen atoms in total. The van der Waals surface area contributed by atoms with Gasteiger partial charge in [-0.25, -0.2) is 12.8 Å². The number of hydrogen-bond acceptors (Lipinski definition) is 3. The molecule has 1 N–H and O–H groups in total. The number of carbonyl (C=O) groups excluding carboxylic acids is 1. The second kappa shape index (κ2) is 7.67.